The van der Waals surface area contributed by atoms with E-state index in [4.69, 9.17) is 4.42 Å². The molecule has 3 heterocycles. The van der Waals surface area contributed by atoms with Gasteiger partial charge in [-0.15, -0.1) is 27.1 Å². The minimum Gasteiger partial charge on any atom is -0.461 e. The third-order valence-corrected chi connectivity index (χ3v) is 7.71. The van der Waals surface area contributed by atoms with Crippen molar-refractivity contribution in [1.29, 1.82) is 0 Å². The molecule has 8 heteroatoms. The van der Waals surface area contributed by atoms with Crippen LogP contribution in [0, 0.1) is 6.92 Å². The van der Waals surface area contributed by atoms with Crippen LogP contribution in [0.2, 0.25) is 0 Å². The zero-order valence-corrected chi connectivity index (χ0v) is 16.6. The predicted molar refractivity (Wildman–Crippen MR) is 105 cm³/mol. The van der Waals surface area contributed by atoms with Crippen molar-refractivity contribution in [2.24, 2.45) is 4.40 Å². The van der Waals surface area contributed by atoms with E-state index in [1.807, 2.05) is 48.1 Å². The van der Waals surface area contributed by atoms with E-state index in [-0.39, 0.29) is 4.21 Å². The lowest BCUT2D eigenvalue weighted by Gasteiger charge is -2.05. The summed E-state index contributed by atoms with van der Waals surface area (Å²) in [5.74, 6) is 0.805. The molecular formula is C18H16N2O3S3. The minimum atomic E-state index is -3.70. The molecule has 134 valence electrons. The van der Waals surface area contributed by atoms with Crippen LogP contribution in [-0.2, 0) is 16.6 Å². The van der Waals surface area contributed by atoms with Crippen LogP contribution in [0.5, 0.6) is 0 Å². The number of aromatic nitrogens is 1. The van der Waals surface area contributed by atoms with Gasteiger partial charge < -0.3 is 8.98 Å². The summed E-state index contributed by atoms with van der Waals surface area (Å²) in [4.78, 5) is 0.459. The summed E-state index contributed by atoms with van der Waals surface area (Å²) in [5.41, 5.74) is 2.72. The maximum atomic E-state index is 12.5. The highest BCUT2D eigenvalue weighted by Crippen LogP contribution is 2.34. The SMILES string of the molecule is CCn1c(-c2c(C)oc3ccccc23)cs/c1=N/S(=O)(=O)c1cccs1. The van der Waals surface area contributed by atoms with Gasteiger partial charge in [0.2, 0.25) is 4.80 Å². The van der Waals surface area contributed by atoms with E-state index in [0.29, 0.717) is 11.3 Å². The van der Waals surface area contributed by atoms with Crippen LogP contribution in [0.3, 0.4) is 0 Å². The first kappa shape index (κ1) is 17.3. The summed E-state index contributed by atoms with van der Waals surface area (Å²) < 4.78 is 37.2. The van der Waals surface area contributed by atoms with E-state index in [2.05, 4.69) is 4.40 Å². The predicted octanol–water partition coefficient (Wildman–Crippen LogP) is 4.64. The van der Waals surface area contributed by atoms with Crippen molar-refractivity contribution in [3.63, 3.8) is 0 Å². The topological polar surface area (TPSA) is 64.6 Å². The van der Waals surface area contributed by atoms with Gasteiger partial charge in [-0.1, -0.05) is 24.3 Å². The molecular weight excluding hydrogens is 388 g/mol. The van der Waals surface area contributed by atoms with Gasteiger partial charge >= 0.3 is 0 Å². The number of thiazole rings is 1. The molecule has 3 aromatic heterocycles. The number of thiophene rings is 1. The Hall–Kier alpha value is -2.16. The van der Waals surface area contributed by atoms with Crippen LogP contribution in [0.4, 0.5) is 0 Å². The second-order valence-electron chi connectivity index (χ2n) is 5.68. The Morgan fingerprint density at radius 3 is 2.69 bits per heavy atom. The van der Waals surface area contributed by atoms with Gasteiger partial charge in [-0.25, -0.2) is 0 Å². The summed E-state index contributed by atoms with van der Waals surface area (Å²) >= 11 is 2.49. The van der Waals surface area contributed by atoms with Crippen molar-refractivity contribution in [3.05, 3.63) is 57.7 Å². The number of sulfonamides is 1. The van der Waals surface area contributed by atoms with Gasteiger partial charge in [-0.3, -0.25) is 0 Å². The van der Waals surface area contributed by atoms with E-state index in [1.54, 1.807) is 17.5 Å². The number of rotatable bonds is 4. The smallest absolute Gasteiger partial charge is 0.294 e. The van der Waals surface area contributed by atoms with Crippen molar-refractivity contribution in [2.75, 3.05) is 0 Å². The van der Waals surface area contributed by atoms with Crippen LogP contribution < -0.4 is 4.80 Å². The van der Waals surface area contributed by atoms with E-state index in [9.17, 15) is 8.42 Å². The highest BCUT2D eigenvalue weighted by atomic mass is 32.2. The lowest BCUT2D eigenvalue weighted by atomic mass is 10.1. The van der Waals surface area contributed by atoms with Crippen molar-refractivity contribution < 1.29 is 12.8 Å². The zero-order valence-electron chi connectivity index (χ0n) is 14.2. The number of nitrogens with zero attached hydrogens (tertiary/aromatic N) is 2. The molecule has 1 aromatic carbocycles. The Kier molecular flexibility index (Phi) is 4.34. The molecule has 0 spiro atoms. The van der Waals surface area contributed by atoms with E-state index >= 15 is 0 Å². The van der Waals surface area contributed by atoms with Gasteiger partial charge in [0.1, 0.15) is 15.6 Å². The molecule has 0 atom stereocenters. The second kappa shape index (κ2) is 6.53. The summed E-state index contributed by atoms with van der Waals surface area (Å²) in [5, 5.41) is 4.69. The fourth-order valence-corrected chi connectivity index (χ4v) is 6.09. The van der Waals surface area contributed by atoms with Gasteiger partial charge in [0.15, 0.2) is 0 Å². The van der Waals surface area contributed by atoms with Crippen LogP contribution in [0.1, 0.15) is 12.7 Å². The highest BCUT2D eigenvalue weighted by molar-refractivity contribution is 7.92. The van der Waals surface area contributed by atoms with Crippen molar-refractivity contribution in [3.8, 4) is 11.3 Å². The molecule has 5 nitrogen and oxygen atoms in total. The van der Waals surface area contributed by atoms with Crippen LogP contribution in [-0.4, -0.2) is 13.0 Å². The highest BCUT2D eigenvalue weighted by Gasteiger charge is 2.19. The summed E-state index contributed by atoms with van der Waals surface area (Å²) in [6.45, 7) is 4.51. The van der Waals surface area contributed by atoms with Crippen molar-refractivity contribution in [1.82, 2.24) is 4.57 Å². The first-order valence-electron chi connectivity index (χ1n) is 8.02. The number of hydrogen-bond donors (Lipinski definition) is 0. The zero-order chi connectivity index (χ0) is 18.3. The monoisotopic (exact) mass is 404 g/mol. The summed E-state index contributed by atoms with van der Waals surface area (Å²) in [6.07, 6.45) is 0. The first-order chi connectivity index (χ1) is 12.5. The molecule has 0 saturated carbocycles. The molecule has 0 unspecified atom stereocenters. The largest absolute Gasteiger partial charge is 0.461 e. The van der Waals surface area contributed by atoms with E-state index in [0.717, 1.165) is 28.0 Å². The molecule has 0 saturated heterocycles. The molecule has 0 bridgehead atoms. The molecule has 26 heavy (non-hydrogen) atoms. The summed E-state index contributed by atoms with van der Waals surface area (Å²) in [7, 11) is -3.70. The normalized spacial score (nSPS) is 12.9. The van der Waals surface area contributed by atoms with Gasteiger partial charge in [0.05, 0.1) is 5.69 Å². The number of benzene rings is 1. The Morgan fingerprint density at radius 1 is 1.15 bits per heavy atom. The van der Waals surface area contributed by atoms with Gasteiger partial charge in [-0.05, 0) is 31.4 Å². The maximum Gasteiger partial charge on any atom is 0.294 e. The van der Waals surface area contributed by atoms with Gasteiger partial charge in [0, 0.05) is 22.9 Å². The number of fused-ring (bicyclic) bond motifs is 1. The Balaban J connectivity index is 1.94. The molecule has 0 aliphatic carbocycles. The number of para-hydroxylation sites is 1. The fraction of sp³-hybridized carbons (Fsp3) is 0.167. The lowest BCUT2D eigenvalue weighted by Crippen LogP contribution is -2.17. The Morgan fingerprint density at radius 2 is 1.96 bits per heavy atom. The molecule has 4 aromatic rings. The van der Waals surface area contributed by atoms with Crippen LogP contribution in [0.15, 0.2) is 60.2 Å². The molecule has 0 radical (unpaired) electrons. The number of furan rings is 1. The maximum absolute atomic E-state index is 12.5. The van der Waals surface area contributed by atoms with Crippen molar-refractivity contribution >= 4 is 43.7 Å². The van der Waals surface area contributed by atoms with Crippen LogP contribution in [0.25, 0.3) is 22.2 Å². The van der Waals surface area contributed by atoms with Gasteiger partial charge in [0.25, 0.3) is 10.0 Å². The summed E-state index contributed by atoms with van der Waals surface area (Å²) in [6, 6.07) is 11.1. The van der Waals surface area contributed by atoms with E-state index in [1.165, 1.54) is 22.7 Å². The molecule has 0 fully saturated rings. The molecule has 0 N–H and O–H groups in total. The third-order valence-electron chi connectivity index (χ3n) is 4.09. The Labute approximate surface area is 158 Å². The van der Waals surface area contributed by atoms with E-state index < -0.39 is 10.0 Å². The number of hydrogen-bond acceptors (Lipinski definition) is 5. The molecule has 4 rings (SSSR count). The third kappa shape index (κ3) is 2.84. The second-order valence-corrected chi connectivity index (χ2v) is 9.29. The van der Waals surface area contributed by atoms with Crippen LogP contribution >= 0.6 is 22.7 Å². The average molecular weight is 405 g/mol. The minimum absolute atomic E-state index is 0.250. The lowest BCUT2D eigenvalue weighted by molar-refractivity contribution is 0.579. The molecule has 0 amide bonds. The number of aryl methyl sites for hydroxylation is 1. The quantitative estimate of drug-likeness (QED) is 0.498. The van der Waals surface area contributed by atoms with Gasteiger partial charge in [-0.2, -0.15) is 8.42 Å². The average Bonchev–Trinajstić information content (AvgIpc) is 3.32. The fourth-order valence-electron chi connectivity index (χ4n) is 2.95. The van der Waals surface area contributed by atoms with Crippen molar-refractivity contribution in [2.45, 2.75) is 24.6 Å². The molecule has 0 aliphatic rings. The Bertz CT molecular complexity index is 1240. The molecule has 0 aliphatic heterocycles. The first-order valence-corrected chi connectivity index (χ1v) is 11.2. The standard InChI is InChI=1S/C18H16N2O3S3/c1-3-20-14(17-12(2)23-15-8-5-4-7-13(15)17)11-25-18(20)19-26(21,22)16-9-6-10-24-16/h4-11H,3H2,1-2H3/b19-18+.